The maximum absolute atomic E-state index is 10.6. The quantitative estimate of drug-likeness (QED) is 0.480. The smallest absolute Gasteiger partial charge is 0.269 e. The maximum atomic E-state index is 10.6. The van der Waals surface area contributed by atoms with Gasteiger partial charge >= 0.3 is 0 Å². The van der Waals surface area contributed by atoms with E-state index in [1.54, 1.807) is 6.92 Å². The van der Waals surface area contributed by atoms with Gasteiger partial charge in [0.1, 0.15) is 5.75 Å². The number of hydrogen-bond donors (Lipinski definition) is 1. The Morgan fingerprint density at radius 1 is 1.47 bits per heavy atom. The predicted octanol–water partition coefficient (Wildman–Crippen LogP) is 1.29. The molecule has 0 aliphatic rings. The molecule has 7 heteroatoms. The molecule has 0 radical (unpaired) electrons. The van der Waals surface area contributed by atoms with Gasteiger partial charge in [0, 0.05) is 12.1 Å². The molecule has 1 aromatic rings. The average molecular weight is 231 g/mol. The SMILES string of the molecule is Cc1ccc([N+](=O)[O-])cc1CS(=O)(=O)O. The molecule has 0 unspecified atom stereocenters. The fourth-order valence-electron chi connectivity index (χ4n) is 1.12. The van der Waals surface area contributed by atoms with Crippen LogP contribution in [-0.4, -0.2) is 17.9 Å². The van der Waals surface area contributed by atoms with E-state index in [2.05, 4.69) is 0 Å². The molecule has 1 aromatic carbocycles. The minimum Gasteiger partial charge on any atom is -0.285 e. The Hall–Kier alpha value is -1.47. The Kier molecular flexibility index (Phi) is 3.06. The first kappa shape index (κ1) is 11.6. The third-order valence-electron chi connectivity index (χ3n) is 1.88. The Bertz CT molecular complexity index is 494. The zero-order valence-electron chi connectivity index (χ0n) is 7.87. The van der Waals surface area contributed by atoms with Gasteiger partial charge in [-0.15, -0.1) is 0 Å². The molecule has 1 rings (SSSR count). The lowest BCUT2D eigenvalue weighted by Gasteiger charge is -2.02. The van der Waals surface area contributed by atoms with Crippen LogP contribution >= 0.6 is 0 Å². The Morgan fingerprint density at radius 2 is 2.07 bits per heavy atom. The summed E-state index contributed by atoms with van der Waals surface area (Å²) in [6.45, 7) is 1.62. The molecule has 0 bridgehead atoms. The van der Waals surface area contributed by atoms with Crippen LogP contribution in [0.2, 0.25) is 0 Å². The first-order valence-corrected chi connectivity index (χ1v) is 5.59. The molecule has 15 heavy (non-hydrogen) atoms. The minimum absolute atomic E-state index is 0.195. The number of nitro groups is 1. The van der Waals surface area contributed by atoms with Crippen molar-refractivity contribution in [3.05, 3.63) is 39.4 Å². The molecule has 0 atom stereocenters. The second-order valence-electron chi connectivity index (χ2n) is 3.09. The third kappa shape index (κ3) is 3.30. The number of nitro benzene ring substituents is 1. The van der Waals surface area contributed by atoms with E-state index < -0.39 is 20.8 Å². The van der Waals surface area contributed by atoms with Crippen LogP contribution in [0.1, 0.15) is 11.1 Å². The summed E-state index contributed by atoms with van der Waals surface area (Å²) in [7, 11) is -4.16. The lowest BCUT2D eigenvalue weighted by molar-refractivity contribution is -0.384. The number of nitrogens with zero attached hydrogens (tertiary/aromatic N) is 1. The molecule has 6 nitrogen and oxygen atoms in total. The van der Waals surface area contributed by atoms with Crippen molar-refractivity contribution in [2.75, 3.05) is 0 Å². The van der Waals surface area contributed by atoms with E-state index in [1.807, 2.05) is 0 Å². The van der Waals surface area contributed by atoms with Crippen LogP contribution < -0.4 is 0 Å². The second-order valence-corrected chi connectivity index (χ2v) is 4.55. The molecular formula is C8H9NO5S. The lowest BCUT2D eigenvalue weighted by atomic mass is 10.1. The monoisotopic (exact) mass is 231 g/mol. The molecule has 0 spiro atoms. The first-order valence-electron chi connectivity index (χ1n) is 3.98. The van der Waals surface area contributed by atoms with Crippen LogP contribution in [0.4, 0.5) is 5.69 Å². The summed E-state index contributed by atoms with van der Waals surface area (Å²) >= 11 is 0. The fourth-order valence-corrected chi connectivity index (χ4v) is 1.83. The van der Waals surface area contributed by atoms with Gasteiger partial charge in [-0.1, -0.05) is 6.07 Å². The van der Waals surface area contributed by atoms with Crippen molar-refractivity contribution in [1.82, 2.24) is 0 Å². The normalized spacial score (nSPS) is 11.3. The van der Waals surface area contributed by atoms with Gasteiger partial charge in [0.25, 0.3) is 15.8 Å². The Balaban J connectivity index is 3.17. The Labute approximate surface area is 86.4 Å². The molecule has 0 aliphatic carbocycles. The van der Waals surface area contributed by atoms with Gasteiger partial charge in [-0.2, -0.15) is 8.42 Å². The van der Waals surface area contributed by atoms with Gasteiger partial charge in [0.05, 0.1) is 4.92 Å². The Morgan fingerprint density at radius 3 is 2.53 bits per heavy atom. The standard InChI is InChI=1S/C8H9NO5S/c1-6-2-3-8(9(10)11)4-7(6)5-15(12,13)14/h2-4H,5H2,1H3,(H,12,13,14). The highest BCUT2D eigenvalue weighted by atomic mass is 32.2. The topological polar surface area (TPSA) is 97.5 Å². The highest BCUT2D eigenvalue weighted by molar-refractivity contribution is 7.85. The van der Waals surface area contributed by atoms with Gasteiger partial charge in [-0.25, -0.2) is 0 Å². The van der Waals surface area contributed by atoms with E-state index in [0.29, 0.717) is 5.56 Å². The summed E-state index contributed by atoms with van der Waals surface area (Å²) < 4.78 is 29.9. The number of non-ortho nitro benzene ring substituents is 1. The predicted molar refractivity (Wildman–Crippen MR) is 53.1 cm³/mol. The maximum Gasteiger partial charge on any atom is 0.269 e. The van der Waals surface area contributed by atoms with E-state index in [4.69, 9.17) is 4.55 Å². The van der Waals surface area contributed by atoms with Crippen molar-refractivity contribution in [3.63, 3.8) is 0 Å². The largest absolute Gasteiger partial charge is 0.285 e. The first-order chi connectivity index (χ1) is 6.79. The molecule has 0 saturated carbocycles. The van der Waals surface area contributed by atoms with Crippen LogP contribution in [0.15, 0.2) is 18.2 Å². The van der Waals surface area contributed by atoms with Crippen LogP contribution in [0, 0.1) is 17.0 Å². The van der Waals surface area contributed by atoms with E-state index >= 15 is 0 Å². The number of aryl methyl sites for hydroxylation is 1. The molecule has 1 N–H and O–H groups in total. The molecule has 0 aliphatic heterocycles. The lowest BCUT2D eigenvalue weighted by Crippen LogP contribution is -2.03. The van der Waals surface area contributed by atoms with Gasteiger partial charge in [-0.05, 0) is 18.1 Å². The van der Waals surface area contributed by atoms with Crippen LogP contribution in [0.5, 0.6) is 0 Å². The van der Waals surface area contributed by atoms with Gasteiger partial charge < -0.3 is 0 Å². The molecule has 0 fully saturated rings. The zero-order chi connectivity index (χ0) is 11.6. The molecular weight excluding hydrogens is 222 g/mol. The average Bonchev–Trinajstić information content (AvgIpc) is 2.06. The van der Waals surface area contributed by atoms with Crippen molar-refractivity contribution < 1.29 is 17.9 Å². The number of benzene rings is 1. The van der Waals surface area contributed by atoms with E-state index in [0.717, 1.165) is 6.07 Å². The molecule has 82 valence electrons. The summed E-state index contributed by atoms with van der Waals surface area (Å²) in [5.41, 5.74) is 0.615. The molecule has 0 aromatic heterocycles. The summed E-state index contributed by atoms with van der Waals surface area (Å²) in [4.78, 5) is 9.81. The van der Waals surface area contributed by atoms with Crippen LogP contribution in [0.3, 0.4) is 0 Å². The van der Waals surface area contributed by atoms with Crippen molar-refractivity contribution in [3.8, 4) is 0 Å². The van der Waals surface area contributed by atoms with Crippen LogP contribution in [0.25, 0.3) is 0 Å². The zero-order valence-corrected chi connectivity index (χ0v) is 8.69. The fraction of sp³-hybridized carbons (Fsp3) is 0.250. The molecule has 0 heterocycles. The highest BCUT2D eigenvalue weighted by Crippen LogP contribution is 2.18. The minimum atomic E-state index is -4.16. The molecule has 0 amide bonds. The number of rotatable bonds is 3. The van der Waals surface area contributed by atoms with Gasteiger partial charge in [0.15, 0.2) is 0 Å². The summed E-state index contributed by atoms with van der Waals surface area (Å²) in [6.07, 6.45) is 0. The van der Waals surface area contributed by atoms with Gasteiger partial charge in [0.2, 0.25) is 0 Å². The van der Waals surface area contributed by atoms with E-state index in [-0.39, 0.29) is 11.3 Å². The summed E-state index contributed by atoms with van der Waals surface area (Å²) in [5, 5.41) is 10.4. The summed E-state index contributed by atoms with van der Waals surface area (Å²) in [5.74, 6) is -0.611. The van der Waals surface area contributed by atoms with Gasteiger partial charge in [-0.3, -0.25) is 14.7 Å². The van der Waals surface area contributed by atoms with E-state index in [9.17, 15) is 18.5 Å². The van der Waals surface area contributed by atoms with Crippen molar-refractivity contribution in [1.29, 1.82) is 0 Å². The number of hydrogen-bond acceptors (Lipinski definition) is 4. The molecule has 0 saturated heterocycles. The van der Waals surface area contributed by atoms with Crippen molar-refractivity contribution in [2.24, 2.45) is 0 Å². The highest BCUT2D eigenvalue weighted by Gasteiger charge is 2.13. The third-order valence-corrected chi connectivity index (χ3v) is 2.56. The van der Waals surface area contributed by atoms with Crippen molar-refractivity contribution >= 4 is 15.8 Å². The second kappa shape index (κ2) is 3.95. The van der Waals surface area contributed by atoms with Crippen LogP contribution in [-0.2, 0) is 15.9 Å². The van der Waals surface area contributed by atoms with E-state index in [1.165, 1.54) is 12.1 Å². The summed E-state index contributed by atoms with van der Waals surface area (Å²) in [6, 6.07) is 3.87. The van der Waals surface area contributed by atoms with Crippen molar-refractivity contribution in [2.45, 2.75) is 12.7 Å².